The molecule has 7 N–H and O–H groups in total. The van der Waals surface area contributed by atoms with Crippen molar-refractivity contribution in [3.05, 3.63) is 24.3 Å². The van der Waals surface area contributed by atoms with Gasteiger partial charge in [0.1, 0.15) is 30.5 Å². The quantitative estimate of drug-likeness (QED) is 0.0248. The van der Waals surface area contributed by atoms with Crippen LogP contribution in [-0.4, -0.2) is 107 Å². The molecule has 312 valence electrons. The van der Waals surface area contributed by atoms with Crippen molar-refractivity contribution in [3.8, 4) is 0 Å². The van der Waals surface area contributed by atoms with Crippen LogP contribution in [-0.2, 0) is 28.9 Å². The second-order valence-corrected chi connectivity index (χ2v) is 15.4. The first-order valence-electron chi connectivity index (χ1n) is 20.3. The number of ether oxygens (including phenoxy) is 2. The zero-order chi connectivity index (χ0) is 39.3. The molecule has 0 saturated carbocycles. The van der Waals surface area contributed by atoms with Crippen LogP contribution in [0.15, 0.2) is 24.3 Å². The summed E-state index contributed by atoms with van der Waals surface area (Å²) in [6.07, 6.45) is 19.9. The fourth-order valence-electron chi connectivity index (χ4n) is 6.28. The Labute approximate surface area is 319 Å². The summed E-state index contributed by atoms with van der Waals surface area (Å²) in [6, 6.07) is -1.12. The molecule has 1 fully saturated rings. The minimum atomic E-state index is -5.11. The summed E-state index contributed by atoms with van der Waals surface area (Å²) in [5, 5.41) is 54.9. The SMILES string of the molecule is CCCCCC/C=C\CCCCCCCCC(O)C(=O)NC(COC1OC(CO)C(O)C(OS(=O)(=O)O)C1O)C(O)/C=C/CCCCCCCCCC. The van der Waals surface area contributed by atoms with E-state index in [1.807, 2.05) is 6.08 Å². The summed E-state index contributed by atoms with van der Waals surface area (Å²) in [4.78, 5) is 13.0. The number of carbonyl (C=O) groups is 1. The van der Waals surface area contributed by atoms with Gasteiger partial charge in [0.2, 0.25) is 5.91 Å². The summed E-state index contributed by atoms with van der Waals surface area (Å²) in [5.41, 5.74) is 0. The maximum Gasteiger partial charge on any atom is 0.397 e. The fraction of sp³-hybridized carbons (Fsp3) is 0.872. The molecule has 0 aromatic carbocycles. The molecule has 13 nitrogen and oxygen atoms in total. The molecule has 1 amide bonds. The van der Waals surface area contributed by atoms with Crippen LogP contribution < -0.4 is 5.32 Å². The van der Waals surface area contributed by atoms with E-state index in [4.69, 9.17) is 14.0 Å². The Balaban J connectivity index is 2.67. The molecular weight excluding hydrogens is 706 g/mol. The summed E-state index contributed by atoms with van der Waals surface area (Å²) < 4.78 is 47.3. The number of aliphatic hydroxyl groups excluding tert-OH is 5. The number of nitrogens with one attached hydrogen (secondary N) is 1. The Kier molecular flexibility index (Phi) is 28.7. The highest BCUT2D eigenvalue weighted by Crippen LogP contribution is 2.26. The zero-order valence-corrected chi connectivity index (χ0v) is 33.3. The van der Waals surface area contributed by atoms with Crippen LogP contribution in [0.3, 0.4) is 0 Å². The molecule has 0 aliphatic carbocycles. The maximum atomic E-state index is 13.0. The van der Waals surface area contributed by atoms with Gasteiger partial charge in [-0.05, 0) is 44.9 Å². The van der Waals surface area contributed by atoms with E-state index < -0.39 is 78.5 Å². The van der Waals surface area contributed by atoms with Gasteiger partial charge in [-0.2, -0.15) is 8.42 Å². The van der Waals surface area contributed by atoms with Crippen LogP contribution in [0.5, 0.6) is 0 Å². The highest BCUT2D eigenvalue weighted by Gasteiger charge is 2.48. The molecule has 0 radical (unpaired) electrons. The van der Waals surface area contributed by atoms with E-state index in [0.717, 1.165) is 64.2 Å². The van der Waals surface area contributed by atoms with Gasteiger partial charge in [-0.15, -0.1) is 0 Å². The second kappa shape index (κ2) is 30.7. The lowest BCUT2D eigenvalue weighted by Crippen LogP contribution is -2.61. The number of allylic oxidation sites excluding steroid dienone is 3. The van der Waals surface area contributed by atoms with E-state index in [1.165, 1.54) is 63.9 Å². The van der Waals surface area contributed by atoms with Gasteiger partial charge < -0.3 is 40.3 Å². The molecule has 0 aromatic heterocycles. The van der Waals surface area contributed by atoms with Crippen LogP contribution >= 0.6 is 0 Å². The van der Waals surface area contributed by atoms with Gasteiger partial charge in [0, 0.05) is 0 Å². The fourth-order valence-corrected chi connectivity index (χ4v) is 6.79. The van der Waals surface area contributed by atoms with Crippen molar-refractivity contribution in [2.45, 2.75) is 204 Å². The third-order valence-corrected chi connectivity index (χ3v) is 10.0. The first-order chi connectivity index (χ1) is 25.4. The van der Waals surface area contributed by atoms with Crippen molar-refractivity contribution in [1.29, 1.82) is 0 Å². The Morgan fingerprint density at radius 2 is 1.25 bits per heavy atom. The summed E-state index contributed by atoms with van der Waals surface area (Å²) in [6.45, 7) is 3.14. The summed E-state index contributed by atoms with van der Waals surface area (Å²) in [5.74, 6) is -0.711. The van der Waals surface area contributed by atoms with Gasteiger partial charge in [-0.3, -0.25) is 9.35 Å². The van der Waals surface area contributed by atoms with E-state index in [-0.39, 0.29) is 6.42 Å². The van der Waals surface area contributed by atoms with Crippen molar-refractivity contribution in [3.63, 3.8) is 0 Å². The number of rotatable bonds is 33. The van der Waals surface area contributed by atoms with Crippen LogP contribution in [0.25, 0.3) is 0 Å². The smallest absolute Gasteiger partial charge is 0.394 e. The highest BCUT2D eigenvalue weighted by atomic mass is 32.3. The third-order valence-electron chi connectivity index (χ3n) is 9.58. The Morgan fingerprint density at radius 1 is 0.755 bits per heavy atom. The Bertz CT molecular complexity index is 1070. The van der Waals surface area contributed by atoms with E-state index >= 15 is 0 Å². The van der Waals surface area contributed by atoms with Crippen LogP contribution in [0.1, 0.15) is 155 Å². The number of hydrogen-bond acceptors (Lipinski definition) is 11. The Hall–Kier alpha value is -1.46. The van der Waals surface area contributed by atoms with E-state index in [0.29, 0.717) is 12.8 Å². The molecule has 1 aliphatic heterocycles. The minimum absolute atomic E-state index is 0.236. The topological polar surface area (TPSA) is 212 Å². The predicted molar refractivity (Wildman–Crippen MR) is 205 cm³/mol. The predicted octanol–water partition coefficient (Wildman–Crippen LogP) is 5.57. The zero-order valence-electron chi connectivity index (χ0n) is 32.4. The van der Waals surface area contributed by atoms with Gasteiger partial charge in [0.25, 0.3) is 0 Å². The molecule has 8 atom stereocenters. The molecule has 1 heterocycles. The normalized spacial score (nSPS) is 22.8. The number of aliphatic hydroxyl groups is 5. The molecule has 0 bridgehead atoms. The van der Waals surface area contributed by atoms with E-state index in [2.05, 4.69) is 35.5 Å². The van der Waals surface area contributed by atoms with Gasteiger partial charge >= 0.3 is 10.4 Å². The van der Waals surface area contributed by atoms with Crippen LogP contribution in [0.2, 0.25) is 0 Å². The van der Waals surface area contributed by atoms with Gasteiger partial charge in [0.15, 0.2) is 6.29 Å². The molecule has 0 aromatic rings. The molecule has 1 aliphatic rings. The van der Waals surface area contributed by atoms with Gasteiger partial charge in [0.05, 0.1) is 25.4 Å². The van der Waals surface area contributed by atoms with Gasteiger partial charge in [-0.25, -0.2) is 4.18 Å². The van der Waals surface area contributed by atoms with Crippen molar-refractivity contribution >= 4 is 16.3 Å². The van der Waals surface area contributed by atoms with Crippen molar-refractivity contribution < 1.29 is 57.0 Å². The molecule has 8 unspecified atom stereocenters. The average molecular weight is 780 g/mol. The lowest BCUT2D eigenvalue weighted by Gasteiger charge is -2.41. The lowest BCUT2D eigenvalue weighted by atomic mass is 9.99. The highest BCUT2D eigenvalue weighted by molar-refractivity contribution is 7.80. The largest absolute Gasteiger partial charge is 0.397 e. The van der Waals surface area contributed by atoms with Crippen LogP contribution in [0.4, 0.5) is 0 Å². The van der Waals surface area contributed by atoms with Crippen molar-refractivity contribution in [2.24, 2.45) is 0 Å². The molecule has 53 heavy (non-hydrogen) atoms. The summed E-state index contributed by atoms with van der Waals surface area (Å²) >= 11 is 0. The van der Waals surface area contributed by atoms with Crippen molar-refractivity contribution in [1.82, 2.24) is 5.32 Å². The first-order valence-corrected chi connectivity index (χ1v) is 21.7. The first kappa shape index (κ1) is 49.6. The third kappa shape index (κ3) is 23.9. The molecule has 1 rings (SSSR count). The summed E-state index contributed by atoms with van der Waals surface area (Å²) in [7, 11) is -5.11. The van der Waals surface area contributed by atoms with Crippen LogP contribution in [0, 0.1) is 0 Å². The molecule has 14 heteroatoms. The second-order valence-electron chi connectivity index (χ2n) is 14.4. The number of hydrogen-bond donors (Lipinski definition) is 7. The number of unbranched alkanes of at least 4 members (excludes halogenated alkanes) is 18. The molecule has 1 saturated heterocycles. The number of amides is 1. The maximum absolute atomic E-state index is 13.0. The monoisotopic (exact) mass is 779 g/mol. The number of carbonyl (C=O) groups excluding carboxylic acids is 1. The lowest BCUT2D eigenvalue weighted by molar-refractivity contribution is -0.298. The van der Waals surface area contributed by atoms with Gasteiger partial charge in [-0.1, -0.05) is 134 Å². The molecule has 0 spiro atoms. The van der Waals surface area contributed by atoms with E-state index in [1.54, 1.807) is 0 Å². The minimum Gasteiger partial charge on any atom is -0.394 e. The van der Waals surface area contributed by atoms with Crippen molar-refractivity contribution in [2.75, 3.05) is 13.2 Å². The Morgan fingerprint density at radius 3 is 1.77 bits per heavy atom. The molecular formula is C39H73NO12S. The van der Waals surface area contributed by atoms with E-state index in [9.17, 15) is 38.7 Å². The average Bonchev–Trinajstić information content (AvgIpc) is 3.12. The standard InChI is InChI=1S/C39H73NO12S/c1-3-5-7-9-11-13-15-16-17-18-20-22-24-26-28-33(43)38(46)40-31(32(42)27-25-23-21-19-14-12-10-8-6-4-2)30-50-39-36(45)37(52-53(47,48)49)35(44)34(29-41)51-39/h13,15,25,27,31-37,39,41-45H,3-12,14,16-24,26,28-30H2,1-2H3,(H,40,46)(H,47,48,49)/b15-13-,27-25+.